The lowest BCUT2D eigenvalue weighted by Crippen LogP contribution is -1.92. The van der Waals surface area contributed by atoms with Crippen LogP contribution in [0.15, 0.2) is 30.5 Å². The van der Waals surface area contributed by atoms with Crippen molar-refractivity contribution in [1.29, 1.82) is 0 Å². The van der Waals surface area contributed by atoms with Crippen LogP contribution in [0.25, 0.3) is 10.8 Å². The predicted molar refractivity (Wildman–Crippen MR) is 62.2 cm³/mol. The van der Waals surface area contributed by atoms with Crippen LogP contribution in [0, 0.1) is 6.92 Å². The van der Waals surface area contributed by atoms with Crippen LogP contribution in [0.4, 0.5) is 5.82 Å². The zero-order chi connectivity index (χ0) is 10.6. The van der Waals surface area contributed by atoms with E-state index in [1.807, 2.05) is 39.0 Å². The third-order valence-electron chi connectivity index (χ3n) is 2.03. The first kappa shape index (κ1) is 10.5. The minimum atomic E-state index is 0.608. The van der Waals surface area contributed by atoms with E-state index < -0.39 is 0 Å². The maximum atomic E-state index is 5.71. The number of aryl methyl sites for hydroxylation is 1. The summed E-state index contributed by atoms with van der Waals surface area (Å²) in [5, 5.41) is 2.22. The van der Waals surface area contributed by atoms with Gasteiger partial charge in [-0.1, -0.05) is 38.1 Å². The number of nitrogens with two attached hydrogens (primary N) is 1. The highest BCUT2D eigenvalue weighted by atomic mass is 14.8. The Labute approximate surface area is 84.8 Å². The molecular formula is C12H16N2. The fourth-order valence-electron chi connectivity index (χ4n) is 1.36. The topological polar surface area (TPSA) is 38.9 Å². The van der Waals surface area contributed by atoms with Crippen molar-refractivity contribution in [2.24, 2.45) is 0 Å². The van der Waals surface area contributed by atoms with Crippen molar-refractivity contribution >= 4 is 16.6 Å². The Hall–Kier alpha value is -1.57. The van der Waals surface area contributed by atoms with Crippen LogP contribution in [-0.2, 0) is 0 Å². The molecule has 2 aromatic rings. The van der Waals surface area contributed by atoms with Gasteiger partial charge in [-0.2, -0.15) is 0 Å². The van der Waals surface area contributed by atoms with Crippen molar-refractivity contribution in [2.75, 3.05) is 5.73 Å². The van der Waals surface area contributed by atoms with E-state index >= 15 is 0 Å². The molecule has 0 spiro atoms. The molecule has 2 nitrogen and oxygen atoms in total. The monoisotopic (exact) mass is 188 g/mol. The molecule has 14 heavy (non-hydrogen) atoms. The first-order chi connectivity index (χ1) is 6.79. The molecule has 2 rings (SSSR count). The molecule has 1 aromatic carbocycles. The van der Waals surface area contributed by atoms with Gasteiger partial charge in [-0.25, -0.2) is 4.98 Å². The van der Waals surface area contributed by atoms with Crippen LogP contribution in [0.2, 0.25) is 0 Å². The number of fused-ring (bicyclic) bond motifs is 1. The third-order valence-corrected chi connectivity index (χ3v) is 2.03. The van der Waals surface area contributed by atoms with Gasteiger partial charge in [-0.3, -0.25) is 0 Å². The number of hydrogen-bond donors (Lipinski definition) is 1. The normalized spacial score (nSPS) is 9.36. The van der Waals surface area contributed by atoms with Crippen molar-refractivity contribution in [1.82, 2.24) is 4.98 Å². The summed E-state index contributed by atoms with van der Waals surface area (Å²) in [5.41, 5.74) is 6.88. The van der Waals surface area contributed by atoms with Gasteiger partial charge in [0.2, 0.25) is 0 Å². The molecule has 0 aliphatic carbocycles. The molecule has 0 radical (unpaired) electrons. The highest BCUT2D eigenvalue weighted by Crippen LogP contribution is 2.20. The van der Waals surface area contributed by atoms with Crippen LogP contribution in [0.3, 0.4) is 0 Å². The van der Waals surface area contributed by atoms with Gasteiger partial charge in [0, 0.05) is 11.6 Å². The number of nitrogen functional groups attached to an aromatic ring is 1. The van der Waals surface area contributed by atoms with E-state index in [4.69, 9.17) is 5.73 Å². The number of anilines is 1. The quantitative estimate of drug-likeness (QED) is 0.689. The fraction of sp³-hybridized carbons (Fsp3) is 0.250. The first-order valence-corrected chi connectivity index (χ1v) is 4.89. The lowest BCUT2D eigenvalue weighted by Gasteiger charge is -2.02. The van der Waals surface area contributed by atoms with E-state index in [-0.39, 0.29) is 0 Å². The van der Waals surface area contributed by atoms with E-state index in [2.05, 4.69) is 11.1 Å². The van der Waals surface area contributed by atoms with E-state index in [1.165, 1.54) is 10.9 Å². The molecule has 0 unspecified atom stereocenters. The second kappa shape index (κ2) is 4.61. The molecule has 1 heterocycles. The van der Waals surface area contributed by atoms with Gasteiger partial charge in [-0.05, 0) is 17.9 Å². The Balaban J connectivity index is 0.000000461. The summed E-state index contributed by atoms with van der Waals surface area (Å²) in [6.45, 7) is 6.04. The molecule has 0 aliphatic rings. The number of aromatic nitrogens is 1. The fourth-order valence-corrected chi connectivity index (χ4v) is 1.36. The molecule has 0 fully saturated rings. The van der Waals surface area contributed by atoms with Crippen LogP contribution < -0.4 is 5.73 Å². The highest BCUT2D eigenvalue weighted by Gasteiger charge is 1.99. The predicted octanol–water partition coefficient (Wildman–Crippen LogP) is 3.15. The molecule has 0 aliphatic heterocycles. The third kappa shape index (κ3) is 1.84. The van der Waals surface area contributed by atoms with Gasteiger partial charge in [0.1, 0.15) is 5.82 Å². The van der Waals surface area contributed by atoms with Crippen LogP contribution in [0.5, 0.6) is 0 Å². The summed E-state index contributed by atoms with van der Waals surface area (Å²) in [6, 6.07) is 8.03. The van der Waals surface area contributed by atoms with Gasteiger partial charge < -0.3 is 5.73 Å². The molecule has 0 atom stereocenters. The summed E-state index contributed by atoms with van der Waals surface area (Å²) in [4.78, 5) is 4.08. The number of hydrogen-bond acceptors (Lipinski definition) is 2. The van der Waals surface area contributed by atoms with Gasteiger partial charge in [0.25, 0.3) is 0 Å². The van der Waals surface area contributed by atoms with E-state index in [9.17, 15) is 0 Å². The first-order valence-electron chi connectivity index (χ1n) is 4.89. The summed E-state index contributed by atoms with van der Waals surface area (Å²) in [6.07, 6.45) is 1.80. The maximum Gasteiger partial charge on any atom is 0.131 e. The number of rotatable bonds is 0. The Kier molecular flexibility index (Phi) is 3.46. The van der Waals surface area contributed by atoms with Gasteiger partial charge in [0.05, 0.1) is 0 Å². The zero-order valence-corrected chi connectivity index (χ0v) is 8.91. The maximum absolute atomic E-state index is 5.71. The Morgan fingerprint density at radius 3 is 2.21 bits per heavy atom. The van der Waals surface area contributed by atoms with Crippen LogP contribution in [0.1, 0.15) is 19.4 Å². The second-order valence-corrected chi connectivity index (χ2v) is 2.87. The summed E-state index contributed by atoms with van der Waals surface area (Å²) >= 11 is 0. The van der Waals surface area contributed by atoms with Crippen LogP contribution in [-0.4, -0.2) is 4.98 Å². The Morgan fingerprint density at radius 2 is 1.64 bits per heavy atom. The molecule has 74 valence electrons. The van der Waals surface area contributed by atoms with Crippen molar-refractivity contribution in [3.63, 3.8) is 0 Å². The van der Waals surface area contributed by atoms with Crippen molar-refractivity contribution in [3.8, 4) is 0 Å². The summed E-state index contributed by atoms with van der Waals surface area (Å²) in [5.74, 6) is 0.608. The van der Waals surface area contributed by atoms with Crippen LogP contribution >= 0.6 is 0 Å². The minimum Gasteiger partial charge on any atom is -0.383 e. The average Bonchev–Trinajstić information content (AvgIpc) is 2.27. The standard InChI is InChI=1S/C10H10N2.C2H6/c1-7-6-12-10(11)9-5-3-2-4-8(7)9;1-2/h2-6H,1H3,(H2,11,12);1-2H3. The molecule has 0 amide bonds. The molecule has 0 saturated carbocycles. The summed E-state index contributed by atoms with van der Waals surface area (Å²) < 4.78 is 0. The molecule has 0 bridgehead atoms. The molecule has 2 N–H and O–H groups in total. The molecule has 2 heteroatoms. The Morgan fingerprint density at radius 1 is 1.07 bits per heavy atom. The second-order valence-electron chi connectivity index (χ2n) is 2.87. The summed E-state index contributed by atoms with van der Waals surface area (Å²) in [7, 11) is 0. The largest absolute Gasteiger partial charge is 0.383 e. The van der Waals surface area contributed by atoms with E-state index in [0.717, 1.165) is 5.39 Å². The van der Waals surface area contributed by atoms with Gasteiger partial charge in [-0.15, -0.1) is 0 Å². The smallest absolute Gasteiger partial charge is 0.131 e. The highest BCUT2D eigenvalue weighted by molar-refractivity contribution is 5.92. The molecular weight excluding hydrogens is 172 g/mol. The van der Waals surface area contributed by atoms with Crippen molar-refractivity contribution < 1.29 is 0 Å². The molecule has 1 aromatic heterocycles. The van der Waals surface area contributed by atoms with E-state index in [0.29, 0.717) is 5.82 Å². The lowest BCUT2D eigenvalue weighted by atomic mass is 10.1. The number of benzene rings is 1. The van der Waals surface area contributed by atoms with Crippen molar-refractivity contribution in [3.05, 3.63) is 36.0 Å². The number of nitrogens with zero attached hydrogens (tertiary/aromatic N) is 1. The van der Waals surface area contributed by atoms with Gasteiger partial charge >= 0.3 is 0 Å². The molecule has 0 saturated heterocycles. The minimum absolute atomic E-state index is 0.608. The lowest BCUT2D eigenvalue weighted by molar-refractivity contribution is 1.31. The average molecular weight is 188 g/mol. The van der Waals surface area contributed by atoms with Gasteiger partial charge in [0.15, 0.2) is 0 Å². The van der Waals surface area contributed by atoms with E-state index in [1.54, 1.807) is 6.20 Å². The Bertz CT molecular complexity index is 381. The van der Waals surface area contributed by atoms with Crippen molar-refractivity contribution in [2.45, 2.75) is 20.8 Å². The number of pyridine rings is 1. The zero-order valence-electron chi connectivity index (χ0n) is 8.91. The SMILES string of the molecule is CC.Cc1cnc(N)c2ccccc12.